The quantitative estimate of drug-likeness (QED) is 0.203. The molecule has 1 amide bonds. The fraction of sp³-hybridized carbons (Fsp3) is 0.323. The molecule has 1 aliphatic heterocycles. The number of benzene rings is 3. The van der Waals surface area contributed by atoms with Crippen molar-refractivity contribution in [2.75, 3.05) is 24.1 Å². The van der Waals surface area contributed by atoms with Crippen molar-refractivity contribution in [3.8, 4) is 5.75 Å². The third kappa shape index (κ3) is 6.41. The van der Waals surface area contributed by atoms with E-state index in [4.69, 9.17) is 4.74 Å². The minimum Gasteiger partial charge on any atom is -0.497 e. The van der Waals surface area contributed by atoms with Crippen molar-refractivity contribution >= 4 is 34.4 Å². The van der Waals surface area contributed by atoms with Crippen molar-refractivity contribution < 1.29 is 14.6 Å². The lowest BCUT2D eigenvalue weighted by Gasteiger charge is -2.25. The minimum atomic E-state index is -0.786. The second-order valence-corrected chi connectivity index (χ2v) is 10.8. The summed E-state index contributed by atoms with van der Waals surface area (Å²) in [5.74, 6) is 1.56. The van der Waals surface area contributed by atoms with E-state index in [0.717, 1.165) is 52.2 Å². The van der Waals surface area contributed by atoms with Gasteiger partial charge in [-0.15, -0.1) is 0 Å². The zero-order valence-electron chi connectivity index (χ0n) is 22.4. The van der Waals surface area contributed by atoms with Crippen molar-refractivity contribution in [3.63, 3.8) is 0 Å². The summed E-state index contributed by atoms with van der Waals surface area (Å²) in [4.78, 5) is 13.6. The van der Waals surface area contributed by atoms with Gasteiger partial charge >= 0.3 is 0 Å². The largest absolute Gasteiger partial charge is 0.497 e. The monoisotopic (exact) mass is 544 g/mol. The van der Waals surface area contributed by atoms with E-state index in [9.17, 15) is 9.90 Å². The number of hydrogen-bond acceptors (Lipinski definition) is 6. The van der Waals surface area contributed by atoms with Gasteiger partial charge in [-0.2, -0.15) is 0 Å². The fourth-order valence-corrected chi connectivity index (χ4v) is 5.84. The normalized spacial score (nSPS) is 14.3. The number of aromatic nitrogens is 1. The second kappa shape index (κ2) is 12.6. The molecule has 0 aliphatic carbocycles. The Bertz CT molecular complexity index is 1420. The number of aliphatic hydroxyl groups excluding tert-OH is 1. The van der Waals surface area contributed by atoms with Gasteiger partial charge in [-0.3, -0.25) is 4.79 Å². The molecule has 0 radical (unpaired) electrons. The average molecular weight is 545 g/mol. The Hall–Kier alpha value is -3.46. The van der Waals surface area contributed by atoms with E-state index in [-0.39, 0.29) is 5.91 Å². The molecule has 1 aromatic heterocycles. The van der Waals surface area contributed by atoms with Crippen molar-refractivity contribution in [1.82, 2.24) is 15.2 Å². The summed E-state index contributed by atoms with van der Waals surface area (Å²) in [5.41, 5.74) is 6.05. The van der Waals surface area contributed by atoms with Crippen LogP contribution < -0.4 is 20.1 Å². The molecule has 7 nitrogen and oxygen atoms in total. The highest BCUT2D eigenvalue weighted by molar-refractivity contribution is 8.00. The molecule has 0 unspecified atom stereocenters. The van der Waals surface area contributed by atoms with Crippen LogP contribution in [0, 0.1) is 0 Å². The Kier molecular flexibility index (Phi) is 8.76. The summed E-state index contributed by atoms with van der Waals surface area (Å²) < 4.78 is 11.0. The zero-order chi connectivity index (χ0) is 27.2. The first kappa shape index (κ1) is 27.1. The molecular formula is C31H36N4O3S. The highest BCUT2D eigenvalue weighted by Gasteiger charge is 2.24. The van der Waals surface area contributed by atoms with Gasteiger partial charge in [0.25, 0.3) is 5.91 Å². The van der Waals surface area contributed by atoms with Crippen LogP contribution in [-0.2, 0) is 25.9 Å². The molecule has 4 aromatic rings. The number of anilines is 1. The number of methoxy groups -OCH3 is 1. The number of carbonyl (C=O) groups is 1. The summed E-state index contributed by atoms with van der Waals surface area (Å²) in [7, 11) is 1.65. The van der Waals surface area contributed by atoms with Crippen LogP contribution in [0.15, 0.2) is 72.9 Å². The maximum Gasteiger partial charge on any atom is 0.251 e. The molecule has 0 fully saturated rings. The summed E-state index contributed by atoms with van der Waals surface area (Å²) >= 11 is 1.66. The van der Waals surface area contributed by atoms with Crippen LogP contribution in [0.3, 0.4) is 0 Å². The van der Waals surface area contributed by atoms with Crippen molar-refractivity contribution in [2.24, 2.45) is 0 Å². The predicted molar refractivity (Wildman–Crippen MR) is 160 cm³/mol. The lowest BCUT2D eigenvalue weighted by Crippen LogP contribution is -2.48. The number of amides is 1. The Balaban J connectivity index is 1.34. The van der Waals surface area contributed by atoms with Crippen molar-refractivity contribution in [2.45, 2.75) is 45.0 Å². The lowest BCUT2D eigenvalue weighted by atomic mass is 9.99. The maximum absolute atomic E-state index is 13.6. The van der Waals surface area contributed by atoms with E-state index >= 15 is 0 Å². The van der Waals surface area contributed by atoms with Gasteiger partial charge in [0.2, 0.25) is 0 Å². The first-order chi connectivity index (χ1) is 19.1. The van der Waals surface area contributed by atoms with Crippen LogP contribution in [-0.4, -0.2) is 47.1 Å². The molecule has 2 atom stereocenters. The molecule has 0 bridgehead atoms. The van der Waals surface area contributed by atoms with Gasteiger partial charge in [-0.25, -0.2) is 0 Å². The topological polar surface area (TPSA) is 87.6 Å². The number of rotatable bonds is 11. The number of carbonyl (C=O) groups excluding carboxylic acids is 1. The van der Waals surface area contributed by atoms with Crippen molar-refractivity contribution in [1.29, 1.82) is 0 Å². The van der Waals surface area contributed by atoms with E-state index in [1.165, 1.54) is 5.56 Å². The Morgan fingerprint density at radius 1 is 1.13 bits per heavy atom. The number of hydrogen-bond donors (Lipinski definition) is 4. The predicted octanol–water partition coefficient (Wildman–Crippen LogP) is 4.78. The van der Waals surface area contributed by atoms with E-state index in [0.29, 0.717) is 25.1 Å². The third-order valence-electron chi connectivity index (χ3n) is 7.21. The van der Waals surface area contributed by atoms with Gasteiger partial charge < -0.3 is 29.8 Å². The smallest absolute Gasteiger partial charge is 0.251 e. The summed E-state index contributed by atoms with van der Waals surface area (Å²) in [6, 6.07) is 21.3. The van der Waals surface area contributed by atoms with E-state index in [1.54, 1.807) is 19.1 Å². The Morgan fingerprint density at radius 3 is 2.74 bits per heavy atom. The highest BCUT2D eigenvalue weighted by Crippen LogP contribution is 2.34. The van der Waals surface area contributed by atoms with Gasteiger partial charge in [-0.05, 0) is 53.8 Å². The molecule has 0 spiro atoms. The van der Waals surface area contributed by atoms with Crippen molar-refractivity contribution in [3.05, 3.63) is 95.2 Å². The van der Waals surface area contributed by atoms with Crippen LogP contribution in [0.4, 0.5) is 5.69 Å². The summed E-state index contributed by atoms with van der Waals surface area (Å²) in [6.45, 7) is 3.99. The van der Waals surface area contributed by atoms with Gasteiger partial charge in [0, 0.05) is 42.5 Å². The standard InChI is InChI=1S/C31H36N4O3S/c1-3-23-20-35-12-13-39-34-28-17-24(16-26(23)30(28)35)31(37)33-27(15-21-8-5-4-6-9-21)29(36)19-32-18-22-10-7-11-25(14-22)38-2/h4-11,14,16-17,20,27,29,32,34,36H,3,12-13,15,18-19H2,1-2H3,(H,33,37)/t27-,29+/m0/s1. The van der Waals surface area contributed by atoms with Crippen LogP contribution in [0.2, 0.25) is 0 Å². The molecule has 0 saturated carbocycles. The van der Waals surface area contributed by atoms with Crippen LogP contribution in [0.5, 0.6) is 5.75 Å². The molecule has 8 heteroatoms. The molecule has 0 saturated heterocycles. The highest BCUT2D eigenvalue weighted by atomic mass is 32.2. The molecule has 5 rings (SSSR count). The molecule has 1 aliphatic rings. The number of nitrogens with zero attached hydrogens (tertiary/aromatic N) is 1. The van der Waals surface area contributed by atoms with Crippen LogP contribution in [0.25, 0.3) is 10.9 Å². The Morgan fingerprint density at radius 2 is 1.95 bits per heavy atom. The molecule has 204 valence electrons. The second-order valence-electron chi connectivity index (χ2n) is 9.89. The summed E-state index contributed by atoms with van der Waals surface area (Å²) in [5, 5.41) is 18.8. The number of nitrogens with one attached hydrogen (secondary N) is 3. The molecule has 4 N–H and O–H groups in total. The van der Waals surface area contributed by atoms with Gasteiger partial charge in [-0.1, -0.05) is 61.3 Å². The zero-order valence-corrected chi connectivity index (χ0v) is 23.3. The number of aliphatic hydroxyl groups is 1. The van der Waals surface area contributed by atoms with Gasteiger partial charge in [0.05, 0.1) is 30.5 Å². The van der Waals surface area contributed by atoms with Crippen LogP contribution >= 0.6 is 11.9 Å². The minimum absolute atomic E-state index is 0.188. The van der Waals surface area contributed by atoms with Gasteiger partial charge in [0.15, 0.2) is 0 Å². The van der Waals surface area contributed by atoms with E-state index in [1.807, 2.05) is 66.7 Å². The summed E-state index contributed by atoms with van der Waals surface area (Å²) in [6.07, 6.45) is 2.84. The maximum atomic E-state index is 13.6. The first-order valence-corrected chi connectivity index (χ1v) is 14.4. The SMILES string of the molecule is CCc1cn2c3c(cc(C(=O)N[C@@H](Cc4ccccc4)[C@H](O)CNCc4cccc(OC)c4)cc13)NSCC2. The number of aryl methyl sites for hydroxylation is 2. The molecule has 39 heavy (non-hydrogen) atoms. The molecular weight excluding hydrogens is 508 g/mol. The molecule has 2 heterocycles. The average Bonchev–Trinajstić information content (AvgIpc) is 3.19. The lowest BCUT2D eigenvalue weighted by molar-refractivity contribution is 0.0830. The van der Waals surface area contributed by atoms with Gasteiger partial charge in [0.1, 0.15) is 5.75 Å². The van der Waals surface area contributed by atoms with E-state index < -0.39 is 12.1 Å². The Labute approximate surface area is 234 Å². The van der Waals surface area contributed by atoms with E-state index in [2.05, 4.69) is 33.0 Å². The third-order valence-corrected chi connectivity index (χ3v) is 7.96. The van der Waals surface area contributed by atoms with Crippen LogP contribution in [0.1, 0.15) is 34.0 Å². The fourth-order valence-electron chi connectivity index (χ4n) is 5.14. The molecule has 3 aromatic carbocycles. The first-order valence-electron chi connectivity index (χ1n) is 13.5. The number of ether oxygens (including phenoxy) is 1.